The predicted octanol–water partition coefficient (Wildman–Crippen LogP) is 1.84. The average molecular weight is 316 g/mol. The van der Waals surface area contributed by atoms with Crippen molar-refractivity contribution in [2.45, 2.75) is 6.42 Å². The van der Waals surface area contributed by atoms with Crippen LogP contribution in [-0.4, -0.2) is 19.0 Å². The van der Waals surface area contributed by atoms with E-state index in [4.69, 9.17) is 0 Å². The van der Waals surface area contributed by atoms with Gasteiger partial charge in [0.1, 0.15) is 0 Å². The van der Waals surface area contributed by atoms with Crippen molar-refractivity contribution in [3.63, 3.8) is 0 Å². The highest BCUT2D eigenvalue weighted by atomic mass is 127. The molecule has 0 aromatic heterocycles. The van der Waals surface area contributed by atoms with Crippen LogP contribution in [0.3, 0.4) is 0 Å². The minimum absolute atomic E-state index is 0.126. The average Bonchev–Trinajstić information content (AvgIpc) is 2.74. The molecule has 4 heteroatoms. The maximum Gasteiger partial charge on any atom is 0.228 e. The lowest BCUT2D eigenvalue weighted by atomic mass is 10.1. The molecule has 0 radical (unpaired) electrons. The number of hydrogen-bond acceptors (Lipinski definition) is 2. The Bertz CT molecular complexity index is 344. The van der Waals surface area contributed by atoms with E-state index in [2.05, 4.69) is 33.2 Å². The Kier molecular flexibility index (Phi) is 3.58. The maximum absolute atomic E-state index is 11.7. The molecule has 1 fully saturated rings. The quantitative estimate of drug-likeness (QED) is 0.818. The smallest absolute Gasteiger partial charge is 0.228 e. The Hall–Kier alpha value is -0.620. The van der Waals surface area contributed by atoms with Gasteiger partial charge in [0.05, 0.1) is 5.92 Å². The first kappa shape index (κ1) is 10.9. The summed E-state index contributed by atoms with van der Waals surface area (Å²) in [5.41, 5.74) is 0.882. The Morgan fingerprint density at radius 2 is 2.13 bits per heavy atom. The summed E-state index contributed by atoms with van der Waals surface area (Å²) in [7, 11) is 0. The molecule has 0 bridgehead atoms. The molecule has 1 aromatic carbocycles. The van der Waals surface area contributed by atoms with Gasteiger partial charge in [0.15, 0.2) is 0 Å². The number of nitrogens with one attached hydrogen (secondary N) is 2. The number of halogens is 1. The molecule has 0 saturated carbocycles. The van der Waals surface area contributed by atoms with Gasteiger partial charge >= 0.3 is 0 Å². The van der Waals surface area contributed by atoms with Crippen molar-refractivity contribution in [3.8, 4) is 0 Å². The van der Waals surface area contributed by atoms with Gasteiger partial charge in [-0.2, -0.15) is 0 Å². The van der Waals surface area contributed by atoms with Crippen molar-refractivity contribution >= 4 is 34.2 Å². The molecule has 1 amide bonds. The first-order valence-electron chi connectivity index (χ1n) is 5.03. The fraction of sp³-hybridized carbons (Fsp3) is 0.364. The van der Waals surface area contributed by atoms with Gasteiger partial charge in [-0.05, 0) is 59.8 Å². The summed E-state index contributed by atoms with van der Waals surface area (Å²) in [6.45, 7) is 1.75. The summed E-state index contributed by atoms with van der Waals surface area (Å²) in [4.78, 5) is 11.7. The number of hydrogen-bond donors (Lipinski definition) is 2. The summed E-state index contributed by atoms with van der Waals surface area (Å²) in [6, 6.07) is 7.84. The van der Waals surface area contributed by atoms with Crippen molar-refractivity contribution < 1.29 is 4.79 Å². The largest absolute Gasteiger partial charge is 0.326 e. The van der Waals surface area contributed by atoms with Crippen LogP contribution in [-0.2, 0) is 4.79 Å². The predicted molar refractivity (Wildman–Crippen MR) is 68.8 cm³/mol. The minimum atomic E-state index is 0.126. The highest BCUT2D eigenvalue weighted by Crippen LogP contribution is 2.14. The van der Waals surface area contributed by atoms with Gasteiger partial charge in [0, 0.05) is 15.8 Å². The number of benzene rings is 1. The summed E-state index contributed by atoms with van der Waals surface area (Å²) >= 11 is 2.25. The van der Waals surface area contributed by atoms with Crippen LogP contribution in [0.4, 0.5) is 5.69 Å². The number of carbonyl (C=O) groups excluding carboxylic acids is 1. The third-order valence-electron chi connectivity index (χ3n) is 2.54. The van der Waals surface area contributed by atoms with E-state index in [1.54, 1.807) is 0 Å². The molecule has 1 aromatic rings. The van der Waals surface area contributed by atoms with Gasteiger partial charge in [0.2, 0.25) is 5.91 Å². The Morgan fingerprint density at radius 3 is 2.73 bits per heavy atom. The highest BCUT2D eigenvalue weighted by Gasteiger charge is 2.22. The van der Waals surface area contributed by atoms with Gasteiger partial charge in [-0.15, -0.1) is 0 Å². The summed E-state index contributed by atoms with van der Waals surface area (Å²) in [5.74, 6) is 0.255. The fourth-order valence-corrected chi connectivity index (χ4v) is 2.02. The summed E-state index contributed by atoms with van der Waals surface area (Å²) in [6.07, 6.45) is 0.941. The van der Waals surface area contributed by atoms with Crippen LogP contribution in [0.5, 0.6) is 0 Å². The Labute approximate surface area is 103 Å². The second-order valence-electron chi connectivity index (χ2n) is 3.69. The molecule has 0 aliphatic carbocycles. The van der Waals surface area contributed by atoms with E-state index in [-0.39, 0.29) is 11.8 Å². The molecule has 3 nitrogen and oxygen atoms in total. The maximum atomic E-state index is 11.7. The van der Waals surface area contributed by atoms with Crippen LogP contribution in [0.25, 0.3) is 0 Å². The van der Waals surface area contributed by atoms with Crippen molar-refractivity contribution in [1.29, 1.82) is 0 Å². The number of carbonyl (C=O) groups is 1. The molecule has 1 saturated heterocycles. The molecular formula is C11H13IN2O. The molecule has 80 valence electrons. The first-order chi connectivity index (χ1) is 7.25. The van der Waals surface area contributed by atoms with E-state index in [0.717, 1.165) is 25.2 Å². The number of amides is 1. The molecule has 1 unspecified atom stereocenters. The van der Waals surface area contributed by atoms with Crippen molar-refractivity contribution in [2.24, 2.45) is 5.92 Å². The van der Waals surface area contributed by atoms with Crippen molar-refractivity contribution in [3.05, 3.63) is 27.8 Å². The second kappa shape index (κ2) is 4.94. The van der Waals surface area contributed by atoms with Crippen molar-refractivity contribution in [2.75, 3.05) is 18.4 Å². The lowest BCUT2D eigenvalue weighted by molar-refractivity contribution is -0.119. The van der Waals surface area contributed by atoms with E-state index in [9.17, 15) is 4.79 Å². The molecule has 1 heterocycles. The van der Waals surface area contributed by atoms with Gasteiger partial charge in [0.25, 0.3) is 0 Å². The zero-order valence-corrected chi connectivity index (χ0v) is 10.5. The lowest BCUT2D eigenvalue weighted by Gasteiger charge is -2.09. The molecular weight excluding hydrogens is 303 g/mol. The standard InChI is InChI=1S/C11H13IN2O/c12-9-1-3-10(4-2-9)14-11(15)8-5-6-13-7-8/h1-4,8,13H,5-7H2,(H,14,15). The van der Waals surface area contributed by atoms with Crippen LogP contribution in [0, 0.1) is 9.49 Å². The molecule has 0 spiro atoms. The summed E-state index contributed by atoms with van der Waals surface area (Å²) in [5, 5.41) is 6.11. The van der Waals surface area contributed by atoms with Crippen LogP contribution < -0.4 is 10.6 Å². The molecule has 15 heavy (non-hydrogen) atoms. The van der Waals surface area contributed by atoms with Gasteiger partial charge in [-0.3, -0.25) is 4.79 Å². The minimum Gasteiger partial charge on any atom is -0.326 e. The topological polar surface area (TPSA) is 41.1 Å². The molecule has 2 N–H and O–H groups in total. The van der Waals surface area contributed by atoms with E-state index in [1.807, 2.05) is 24.3 Å². The monoisotopic (exact) mass is 316 g/mol. The van der Waals surface area contributed by atoms with Gasteiger partial charge in [-0.25, -0.2) is 0 Å². The normalized spacial score (nSPS) is 20.2. The van der Waals surface area contributed by atoms with Crippen molar-refractivity contribution in [1.82, 2.24) is 5.32 Å². The first-order valence-corrected chi connectivity index (χ1v) is 6.11. The fourth-order valence-electron chi connectivity index (χ4n) is 1.66. The summed E-state index contributed by atoms with van der Waals surface area (Å²) < 4.78 is 1.17. The van der Waals surface area contributed by atoms with Crippen LogP contribution in [0.15, 0.2) is 24.3 Å². The van der Waals surface area contributed by atoms with E-state index in [0.29, 0.717) is 0 Å². The lowest BCUT2D eigenvalue weighted by Crippen LogP contribution is -2.24. The zero-order valence-electron chi connectivity index (χ0n) is 8.29. The van der Waals surface area contributed by atoms with E-state index >= 15 is 0 Å². The van der Waals surface area contributed by atoms with Gasteiger partial charge < -0.3 is 10.6 Å². The van der Waals surface area contributed by atoms with E-state index < -0.39 is 0 Å². The van der Waals surface area contributed by atoms with Gasteiger partial charge in [-0.1, -0.05) is 0 Å². The third kappa shape index (κ3) is 2.92. The van der Waals surface area contributed by atoms with E-state index in [1.165, 1.54) is 3.57 Å². The van der Waals surface area contributed by atoms with Crippen LogP contribution in [0.2, 0.25) is 0 Å². The van der Waals surface area contributed by atoms with Crippen LogP contribution >= 0.6 is 22.6 Å². The Morgan fingerprint density at radius 1 is 1.40 bits per heavy atom. The third-order valence-corrected chi connectivity index (χ3v) is 3.26. The molecule has 2 rings (SSSR count). The highest BCUT2D eigenvalue weighted by molar-refractivity contribution is 14.1. The number of rotatable bonds is 2. The van der Waals surface area contributed by atoms with Crippen LogP contribution in [0.1, 0.15) is 6.42 Å². The molecule has 1 aliphatic rings. The number of anilines is 1. The SMILES string of the molecule is O=C(Nc1ccc(I)cc1)C1CCNC1. The Balaban J connectivity index is 1.96. The molecule has 1 aliphatic heterocycles. The second-order valence-corrected chi connectivity index (χ2v) is 4.93. The molecule has 1 atom stereocenters. The zero-order chi connectivity index (χ0) is 10.7.